The molecule has 3 amide bonds. The smallest absolute Gasteiger partial charge is 0.272 e. The minimum atomic E-state index is -0.227. The van der Waals surface area contributed by atoms with E-state index in [-0.39, 0.29) is 23.4 Å². The standard InChI is InChI=1S/C20H22N4O3/c1-15(25)23-10-12-24(13-11-23)20(27)18-14-16(8-9-21-18)19(26)22(2)17-6-4-3-5-7-17/h3-9,14H,10-13H2,1-2H3. The topological polar surface area (TPSA) is 73.8 Å². The number of amides is 3. The number of carbonyl (C=O) groups excluding carboxylic acids is 3. The lowest BCUT2D eigenvalue weighted by Gasteiger charge is -2.34. The zero-order valence-electron chi connectivity index (χ0n) is 15.5. The summed E-state index contributed by atoms with van der Waals surface area (Å²) in [5.41, 5.74) is 1.41. The van der Waals surface area contributed by atoms with E-state index in [9.17, 15) is 14.4 Å². The van der Waals surface area contributed by atoms with Crippen LogP contribution in [0, 0.1) is 0 Å². The number of piperazine rings is 1. The number of anilines is 1. The number of hydrogen-bond donors (Lipinski definition) is 0. The molecule has 0 atom stereocenters. The zero-order chi connectivity index (χ0) is 19.4. The predicted octanol–water partition coefficient (Wildman–Crippen LogP) is 1.66. The molecule has 0 bridgehead atoms. The van der Waals surface area contributed by atoms with E-state index in [1.807, 2.05) is 30.3 Å². The molecule has 0 aliphatic carbocycles. The van der Waals surface area contributed by atoms with Gasteiger partial charge in [-0.1, -0.05) is 18.2 Å². The van der Waals surface area contributed by atoms with Gasteiger partial charge in [0, 0.05) is 57.6 Å². The first-order valence-corrected chi connectivity index (χ1v) is 8.81. The van der Waals surface area contributed by atoms with Gasteiger partial charge in [0.2, 0.25) is 5.91 Å². The number of para-hydroxylation sites is 1. The van der Waals surface area contributed by atoms with Gasteiger partial charge in [0.1, 0.15) is 5.69 Å². The van der Waals surface area contributed by atoms with Gasteiger partial charge in [-0.15, -0.1) is 0 Å². The number of hydrogen-bond acceptors (Lipinski definition) is 4. The summed E-state index contributed by atoms with van der Waals surface area (Å²) >= 11 is 0. The van der Waals surface area contributed by atoms with E-state index in [1.54, 1.807) is 22.9 Å². The molecule has 3 rings (SSSR count). The third-order valence-electron chi connectivity index (χ3n) is 4.69. The van der Waals surface area contributed by atoms with E-state index in [2.05, 4.69) is 4.98 Å². The molecule has 0 unspecified atom stereocenters. The first-order chi connectivity index (χ1) is 13.0. The Kier molecular flexibility index (Phi) is 5.49. The highest BCUT2D eigenvalue weighted by molar-refractivity contribution is 6.07. The van der Waals surface area contributed by atoms with Crippen LogP contribution >= 0.6 is 0 Å². The van der Waals surface area contributed by atoms with Crippen LogP contribution in [-0.4, -0.2) is 65.7 Å². The molecule has 0 spiro atoms. The maximum absolute atomic E-state index is 12.7. The van der Waals surface area contributed by atoms with E-state index in [0.717, 1.165) is 5.69 Å². The maximum atomic E-state index is 12.7. The van der Waals surface area contributed by atoms with Crippen LogP contribution in [0.4, 0.5) is 5.69 Å². The molecule has 1 aliphatic rings. The summed E-state index contributed by atoms with van der Waals surface area (Å²) in [6.07, 6.45) is 1.48. The number of carbonyl (C=O) groups is 3. The molecule has 140 valence electrons. The van der Waals surface area contributed by atoms with Crippen molar-refractivity contribution in [1.82, 2.24) is 14.8 Å². The van der Waals surface area contributed by atoms with Crippen LogP contribution < -0.4 is 4.90 Å². The summed E-state index contributed by atoms with van der Waals surface area (Å²) in [5, 5.41) is 0. The number of benzene rings is 1. The number of rotatable bonds is 3. The van der Waals surface area contributed by atoms with Gasteiger partial charge in [-0.2, -0.15) is 0 Å². The third kappa shape index (κ3) is 4.13. The van der Waals surface area contributed by atoms with Crippen molar-refractivity contribution in [3.05, 3.63) is 59.9 Å². The van der Waals surface area contributed by atoms with Crippen molar-refractivity contribution >= 4 is 23.4 Å². The number of nitrogens with zero attached hydrogens (tertiary/aromatic N) is 4. The Morgan fingerprint density at radius 3 is 2.22 bits per heavy atom. The van der Waals surface area contributed by atoms with Crippen LogP contribution in [0.25, 0.3) is 0 Å². The Labute approximate surface area is 158 Å². The Hall–Kier alpha value is -3.22. The average molecular weight is 366 g/mol. The van der Waals surface area contributed by atoms with Crippen LogP contribution in [0.5, 0.6) is 0 Å². The van der Waals surface area contributed by atoms with Crippen LogP contribution in [0.2, 0.25) is 0 Å². The predicted molar refractivity (Wildman–Crippen MR) is 102 cm³/mol. The molecule has 2 heterocycles. The molecule has 0 N–H and O–H groups in total. The van der Waals surface area contributed by atoms with Gasteiger partial charge < -0.3 is 14.7 Å². The summed E-state index contributed by atoms with van der Waals surface area (Å²) in [6.45, 7) is 3.47. The number of pyridine rings is 1. The van der Waals surface area contributed by atoms with Crippen molar-refractivity contribution in [1.29, 1.82) is 0 Å². The van der Waals surface area contributed by atoms with Crippen molar-refractivity contribution in [2.75, 3.05) is 38.1 Å². The fourth-order valence-corrected chi connectivity index (χ4v) is 3.03. The Morgan fingerprint density at radius 1 is 0.963 bits per heavy atom. The molecular formula is C20H22N4O3. The van der Waals surface area contributed by atoms with E-state index >= 15 is 0 Å². The van der Waals surface area contributed by atoms with Gasteiger partial charge in [-0.05, 0) is 24.3 Å². The van der Waals surface area contributed by atoms with Crippen molar-refractivity contribution in [2.45, 2.75) is 6.92 Å². The SMILES string of the molecule is CC(=O)N1CCN(C(=O)c2cc(C(=O)N(C)c3ccccc3)ccn2)CC1. The molecule has 1 aliphatic heterocycles. The quantitative estimate of drug-likeness (QED) is 0.828. The minimum absolute atomic E-state index is 0.0109. The van der Waals surface area contributed by atoms with Crippen LogP contribution in [0.15, 0.2) is 48.7 Å². The molecular weight excluding hydrogens is 344 g/mol. The van der Waals surface area contributed by atoms with Crippen LogP contribution in [0.3, 0.4) is 0 Å². The zero-order valence-corrected chi connectivity index (χ0v) is 15.5. The summed E-state index contributed by atoms with van der Waals surface area (Å²) < 4.78 is 0. The lowest BCUT2D eigenvalue weighted by molar-refractivity contribution is -0.130. The van der Waals surface area contributed by atoms with E-state index in [0.29, 0.717) is 31.7 Å². The fourth-order valence-electron chi connectivity index (χ4n) is 3.03. The molecule has 0 radical (unpaired) electrons. The summed E-state index contributed by atoms with van der Waals surface area (Å²) in [5.74, 6) is -0.425. The highest BCUT2D eigenvalue weighted by Gasteiger charge is 2.25. The van der Waals surface area contributed by atoms with Crippen molar-refractivity contribution in [3.63, 3.8) is 0 Å². The largest absolute Gasteiger partial charge is 0.339 e. The molecule has 2 aromatic rings. The molecule has 7 nitrogen and oxygen atoms in total. The Bertz CT molecular complexity index is 845. The van der Waals surface area contributed by atoms with Crippen molar-refractivity contribution in [3.8, 4) is 0 Å². The first-order valence-electron chi connectivity index (χ1n) is 8.81. The highest BCUT2D eigenvalue weighted by Crippen LogP contribution is 2.16. The van der Waals surface area contributed by atoms with Crippen LogP contribution in [0.1, 0.15) is 27.8 Å². The molecule has 0 saturated carbocycles. The van der Waals surface area contributed by atoms with Gasteiger partial charge >= 0.3 is 0 Å². The summed E-state index contributed by atoms with van der Waals surface area (Å²) in [4.78, 5) is 45.9. The Morgan fingerprint density at radius 2 is 1.59 bits per heavy atom. The van der Waals surface area contributed by atoms with Gasteiger partial charge in [0.15, 0.2) is 0 Å². The molecule has 1 fully saturated rings. The van der Waals surface area contributed by atoms with Gasteiger partial charge in [-0.3, -0.25) is 19.4 Å². The number of aromatic nitrogens is 1. The normalized spacial score (nSPS) is 14.0. The lowest BCUT2D eigenvalue weighted by Crippen LogP contribution is -2.50. The molecule has 1 saturated heterocycles. The highest BCUT2D eigenvalue weighted by atomic mass is 16.2. The summed E-state index contributed by atoms with van der Waals surface area (Å²) in [7, 11) is 1.70. The molecule has 7 heteroatoms. The molecule has 1 aromatic heterocycles. The minimum Gasteiger partial charge on any atom is -0.339 e. The second-order valence-electron chi connectivity index (χ2n) is 6.43. The maximum Gasteiger partial charge on any atom is 0.272 e. The van der Waals surface area contributed by atoms with Crippen molar-refractivity contribution < 1.29 is 14.4 Å². The van der Waals surface area contributed by atoms with Gasteiger partial charge in [0.25, 0.3) is 11.8 Å². The molecule has 1 aromatic carbocycles. The fraction of sp³-hybridized carbons (Fsp3) is 0.300. The van der Waals surface area contributed by atoms with Crippen LogP contribution in [-0.2, 0) is 4.79 Å². The van der Waals surface area contributed by atoms with E-state index in [4.69, 9.17) is 0 Å². The van der Waals surface area contributed by atoms with E-state index < -0.39 is 0 Å². The summed E-state index contributed by atoms with van der Waals surface area (Å²) in [6, 6.07) is 12.4. The van der Waals surface area contributed by atoms with Crippen molar-refractivity contribution in [2.24, 2.45) is 0 Å². The van der Waals surface area contributed by atoms with E-state index in [1.165, 1.54) is 24.1 Å². The first kappa shape index (κ1) is 18.6. The second-order valence-corrected chi connectivity index (χ2v) is 6.43. The van der Waals surface area contributed by atoms with Gasteiger partial charge in [-0.25, -0.2) is 0 Å². The molecule has 27 heavy (non-hydrogen) atoms. The Balaban J connectivity index is 1.73. The lowest BCUT2D eigenvalue weighted by atomic mass is 10.1. The average Bonchev–Trinajstić information content (AvgIpc) is 2.73. The van der Waals surface area contributed by atoms with Gasteiger partial charge in [0.05, 0.1) is 0 Å². The second kappa shape index (κ2) is 7.99. The monoisotopic (exact) mass is 366 g/mol. The third-order valence-corrected chi connectivity index (χ3v) is 4.69.